The molecule has 0 fully saturated rings. The lowest BCUT2D eigenvalue weighted by Gasteiger charge is -2.40. The molecule has 0 saturated carbocycles. The first kappa shape index (κ1) is 47.5. The van der Waals surface area contributed by atoms with Crippen LogP contribution in [0.1, 0.15) is 158 Å². The Hall–Kier alpha value is -6.46. The molecule has 0 aliphatic carbocycles. The van der Waals surface area contributed by atoms with E-state index in [1.54, 1.807) is 0 Å². The fourth-order valence-electron chi connectivity index (χ4n) is 12.3. The molecule has 0 amide bonds. The van der Waals surface area contributed by atoms with E-state index in [1.165, 1.54) is 110 Å². The number of fused-ring (bicyclic) bond motifs is 13. The van der Waals surface area contributed by atoms with E-state index in [-0.39, 0.29) is 39.3 Å². The zero-order chi connectivity index (χ0) is 52.0. The van der Waals surface area contributed by atoms with Crippen molar-refractivity contribution < 1.29 is 4.42 Å². The lowest BCUT2D eigenvalue weighted by atomic mass is 9.44. The fourth-order valence-corrected chi connectivity index (χ4v) is 12.3. The van der Waals surface area contributed by atoms with Gasteiger partial charge in [-0.15, -0.1) is 0 Å². The Kier molecular flexibility index (Phi) is 9.82. The minimum Gasteiger partial charge on any atom is -0.440 e. The number of hydrogen-bond donors (Lipinski definition) is 0. The van der Waals surface area contributed by atoms with Gasteiger partial charge in [-0.25, -0.2) is 0 Å². The largest absolute Gasteiger partial charge is 0.440 e. The van der Waals surface area contributed by atoms with Gasteiger partial charge in [0.2, 0.25) is 0 Å². The smallest absolute Gasteiger partial charge is 0.336 e. The standard InChI is InChI=1S/C68H74BN3O/c1-63(2,3)39-24-28-45(29-25-39)72-62-56(50-35-42(66(10,11)12)36-51(61(50)73-62)68(16,17)18)49-34-43(67(13,14)15)37-55-58(49)69(72)52-38-47-46-32-40(64(4,5)6)26-30-53(46)70(44-22-20-19-21-23-44)59(47)57-48-33-41(65(7,8)9)27-31-54(48)71(55)60(52)57/h19-38H,1-18H3. The Morgan fingerprint density at radius 2 is 0.945 bits per heavy atom. The minimum atomic E-state index is -0.223. The quantitative estimate of drug-likeness (QED) is 0.161. The van der Waals surface area contributed by atoms with Crippen LogP contribution in [0, 0.1) is 0 Å². The molecule has 0 radical (unpaired) electrons. The number of rotatable bonds is 2. The van der Waals surface area contributed by atoms with Crippen molar-refractivity contribution in [1.29, 1.82) is 0 Å². The maximum absolute atomic E-state index is 7.74. The third-order valence-electron chi connectivity index (χ3n) is 16.6. The average molecular weight is 960 g/mol. The normalized spacial score (nSPS) is 14.4. The Labute approximate surface area is 434 Å². The molecule has 4 nitrogen and oxygen atoms in total. The van der Waals surface area contributed by atoms with Gasteiger partial charge in [0.15, 0.2) is 5.88 Å². The Bertz CT molecular complexity index is 3940. The molecule has 0 bridgehead atoms. The van der Waals surface area contributed by atoms with Crippen molar-refractivity contribution in [2.75, 3.05) is 4.81 Å². The summed E-state index contributed by atoms with van der Waals surface area (Å²) in [6, 6.07) is 47.7. The van der Waals surface area contributed by atoms with E-state index in [0.717, 1.165) is 22.8 Å². The molecule has 10 aromatic rings. The van der Waals surface area contributed by atoms with E-state index in [0.29, 0.717) is 0 Å². The zero-order valence-corrected chi connectivity index (χ0v) is 46.9. The Balaban J connectivity index is 1.34. The van der Waals surface area contributed by atoms with Crippen LogP contribution in [0.5, 0.6) is 0 Å². The van der Waals surface area contributed by atoms with E-state index in [1.807, 2.05) is 0 Å². The molecular formula is C68H74BN3O. The lowest BCUT2D eigenvalue weighted by Crippen LogP contribution is -2.60. The van der Waals surface area contributed by atoms with Gasteiger partial charge in [0.05, 0.1) is 27.6 Å². The summed E-state index contributed by atoms with van der Waals surface area (Å²) < 4.78 is 13.0. The molecule has 5 heteroatoms. The molecule has 73 heavy (non-hydrogen) atoms. The van der Waals surface area contributed by atoms with Crippen LogP contribution in [-0.2, 0) is 32.5 Å². The van der Waals surface area contributed by atoms with Gasteiger partial charge in [-0.3, -0.25) is 0 Å². The highest BCUT2D eigenvalue weighted by Crippen LogP contribution is 2.53. The number of hydrogen-bond acceptors (Lipinski definition) is 2. The third-order valence-corrected chi connectivity index (χ3v) is 16.6. The van der Waals surface area contributed by atoms with Crippen LogP contribution < -0.4 is 15.7 Å². The van der Waals surface area contributed by atoms with E-state index in [4.69, 9.17) is 4.42 Å². The number of aromatic nitrogens is 2. The van der Waals surface area contributed by atoms with Crippen molar-refractivity contribution in [1.82, 2.24) is 9.13 Å². The predicted molar refractivity (Wildman–Crippen MR) is 316 cm³/mol. The van der Waals surface area contributed by atoms with Crippen molar-refractivity contribution in [2.24, 2.45) is 0 Å². The van der Waals surface area contributed by atoms with Crippen molar-refractivity contribution in [3.63, 3.8) is 0 Å². The zero-order valence-electron chi connectivity index (χ0n) is 46.9. The van der Waals surface area contributed by atoms with Gasteiger partial charge >= 0.3 is 6.85 Å². The van der Waals surface area contributed by atoms with Crippen LogP contribution in [0.15, 0.2) is 126 Å². The molecule has 0 N–H and O–H groups in total. The van der Waals surface area contributed by atoms with Gasteiger partial charge in [0, 0.05) is 49.6 Å². The number of nitrogens with zero attached hydrogens (tertiary/aromatic N) is 3. The monoisotopic (exact) mass is 960 g/mol. The molecule has 0 unspecified atom stereocenters. The van der Waals surface area contributed by atoms with Crippen molar-refractivity contribution in [3.8, 4) is 22.5 Å². The van der Waals surface area contributed by atoms with E-state index in [2.05, 4.69) is 260 Å². The lowest BCUT2D eigenvalue weighted by molar-refractivity contribution is 0.552. The highest BCUT2D eigenvalue weighted by molar-refractivity contribution is 6.94. The number of benzene rings is 7. The van der Waals surface area contributed by atoms with Gasteiger partial charge < -0.3 is 18.4 Å². The van der Waals surface area contributed by atoms with Gasteiger partial charge in [0.1, 0.15) is 5.58 Å². The molecule has 12 rings (SSSR count). The van der Waals surface area contributed by atoms with Gasteiger partial charge in [-0.1, -0.05) is 185 Å². The summed E-state index contributed by atoms with van der Waals surface area (Å²) in [5.74, 6) is 0.916. The highest BCUT2D eigenvalue weighted by atomic mass is 16.4. The van der Waals surface area contributed by atoms with E-state index in [9.17, 15) is 0 Å². The Morgan fingerprint density at radius 3 is 1.52 bits per heavy atom. The molecule has 2 aliphatic rings. The number of anilines is 2. The first-order valence-corrected chi connectivity index (χ1v) is 26.9. The van der Waals surface area contributed by atoms with Crippen molar-refractivity contribution in [3.05, 3.63) is 155 Å². The van der Waals surface area contributed by atoms with E-state index < -0.39 is 0 Å². The molecular weight excluding hydrogens is 886 g/mol. The van der Waals surface area contributed by atoms with Crippen LogP contribution in [-0.4, -0.2) is 16.0 Å². The van der Waals surface area contributed by atoms with Crippen molar-refractivity contribution in [2.45, 2.75) is 157 Å². The predicted octanol–water partition coefficient (Wildman–Crippen LogP) is 17.6. The van der Waals surface area contributed by atoms with Crippen LogP contribution in [0.2, 0.25) is 0 Å². The molecule has 7 aromatic carbocycles. The topological polar surface area (TPSA) is 26.2 Å². The average Bonchev–Trinajstić information content (AvgIpc) is 3.97. The second-order valence-corrected chi connectivity index (χ2v) is 28.0. The molecule has 5 heterocycles. The molecule has 0 saturated heterocycles. The van der Waals surface area contributed by atoms with E-state index >= 15 is 0 Å². The third kappa shape index (κ3) is 7.07. The first-order chi connectivity index (χ1) is 34.0. The summed E-state index contributed by atoms with van der Waals surface area (Å²) >= 11 is 0. The molecule has 2 aliphatic heterocycles. The molecule has 370 valence electrons. The summed E-state index contributed by atoms with van der Waals surface area (Å²) in [5.41, 5.74) is 21.9. The van der Waals surface area contributed by atoms with Crippen LogP contribution in [0.25, 0.3) is 77.1 Å². The summed E-state index contributed by atoms with van der Waals surface area (Å²) in [7, 11) is 0. The first-order valence-electron chi connectivity index (χ1n) is 26.9. The van der Waals surface area contributed by atoms with Gasteiger partial charge in [0.25, 0.3) is 0 Å². The summed E-state index contributed by atoms with van der Waals surface area (Å²) in [5, 5.41) is 6.31. The highest BCUT2D eigenvalue weighted by Gasteiger charge is 2.48. The number of furan rings is 1. The minimum absolute atomic E-state index is 0.00714. The Morgan fingerprint density at radius 1 is 0.411 bits per heavy atom. The van der Waals surface area contributed by atoms with Crippen molar-refractivity contribution >= 4 is 83.9 Å². The van der Waals surface area contributed by atoms with Crippen LogP contribution in [0.4, 0.5) is 11.6 Å². The summed E-state index contributed by atoms with van der Waals surface area (Å²) in [6.45, 7) is 41.9. The molecule has 3 aromatic heterocycles. The SMILES string of the molecule is CC(C)(C)c1ccc(N2B3c4c(cc(C(C)(C)C)cc4-n4c5ccc(C(C)(C)C)cc5c5c4c3cc3c4cc(C(C)(C)C)ccc4n(-c4ccccc4)c35)-c3c2oc2c(C(C)(C)C)cc(C(C)(C)C)cc32)cc1. The second kappa shape index (κ2) is 15.1. The number of para-hydroxylation sites is 1. The summed E-state index contributed by atoms with van der Waals surface area (Å²) in [4.78, 5) is 2.60. The second-order valence-electron chi connectivity index (χ2n) is 28.0. The van der Waals surface area contributed by atoms with Gasteiger partial charge in [-0.2, -0.15) is 0 Å². The maximum Gasteiger partial charge on any atom is 0.336 e. The van der Waals surface area contributed by atoms with Crippen LogP contribution in [0.3, 0.4) is 0 Å². The maximum atomic E-state index is 7.74. The molecule has 0 atom stereocenters. The van der Waals surface area contributed by atoms with Gasteiger partial charge in [-0.05, 0) is 137 Å². The van der Waals surface area contributed by atoms with Crippen LogP contribution >= 0.6 is 0 Å². The fraction of sp³-hybridized carbons (Fsp3) is 0.353. The molecule has 0 spiro atoms. The summed E-state index contributed by atoms with van der Waals surface area (Å²) in [6.07, 6.45) is 0.